The molecule has 0 saturated carbocycles. The molecule has 2 rings (SSSR count). The van der Waals surface area contributed by atoms with Crippen LogP contribution in [0.3, 0.4) is 0 Å². The van der Waals surface area contributed by atoms with E-state index >= 15 is 0 Å². The SMILES string of the molecule is CCCCCc1ccc(NCc2ccc(C)cc2)cc1. The minimum atomic E-state index is 0.884. The minimum absolute atomic E-state index is 0.884. The first-order valence-corrected chi connectivity index (χ1v) is 7.66. The Morgan fingerprint density at radius 1 is 0.800 bits per heavy atom. The Balaban J connectivity index is 1.82. The summed E-state index contributed by atoms with van der Waals surface area (Å²) in [5, 5.41) is 3.47. The van der Waals surface area contributed by atoms with Crippen LogP contribution in [0.5, 0.6) is 0 Å². The first kappa shape index (κ1) is 14.6. The second-order valence-corrected chi connectivity index (χ2v) is 5.49. The molecule has 1 heteroatoms. The molecule has 1 N–H and O–H groups in total. The Hall–Kier alpha value is -1.76. The number of aryl methyl sites for hydroxylation is 2. The molecule has 0 radical (unpaired) electrons. The number of anilines is 1. The standard InChI is InChI=1S/C19H25N/c1-3-4-5-6-17-11-13-19(14-12-17)20-15-18-9-7-16(2)8-10-18/h7-14,20H,3-6,15H2,1-2H3. The van der Waals surface area contributed by atoms with Crippen LogP contribution in [0.1, 0.15) is 42.9 Å². The minimum Gasteiger partial charge on any atom is -0.381 e. The predicted molar refractivity (Wildman–Crippen MR) is 88.2 cm³/mol. The van der Waals surface area contributed by atoms with Crippen molar-refractivity contribution in [3.05, 3.63) is 65.2 Å². The molecule has 106 valence electrons. The quantitative estimate of drug-likeness (QED) is 0.668. The molecule has 20 heavy (non-hydrogen) atoms. The van der Waals surface area contributed by atoms with E-state index in [0.29, 0.717) is 0 Å². The molecule has 0 unspecified atom stereocenters. The molecule has 0 bridgehead atoms. The molecule has 0 fully saturated rings. The number of hydrogen-bond acceptors (Lipinski definition) is 1. The van der Waals surface area contributed by atoms with Gasteiger partial charge in [0.2, 0.25) is 0 Å². The zero-order valence-electron chi connectivity index (χ0n) is 12.7. The molecule has 0 aromatic heterocycles. The lowest BCUT2D eigenvalue weighted by molar-refractivity contribution is 0.717. The van der Waals surface area contributed by atoms with Crippen molar-refractivity contribution in [3.63, 3.8) is 0 Å². The van der Waals surface area contributed by atoms with Gasteiger partial charge >= 0.3 is 0 Å². The molecular formula is C19H25N. The average Bonchev–Trinajstić information content (AvgIpc) is 2.48. The average molecular weight is 267 g/mol. The molecule has 2 aromatic carbocycles. The van der Waals surface area contributed by atoms with Crippen LogP contribution in [0.2, 0.25) is 0 Å². The summed E-state index contributed by atoms with van der Waals surface area (Å²) >= 11 is 0. The van der Waals surface area contributed by atoms with Crippen molar-refractivity contribution < 1.29 is 0 Å². The van der Waals surface area contributed by atoms with Crippen LogP contribution in [0.4, 0.5) is 5.69 Å². The van der Waals surface area contributed by atoms with Gasteiger partial charge in [-0.05, 0) is 43.0 Å². The maximum absolute atomic E-state index is 3.47. The number of unbranched alkanes of at least 4 members (excludes halogenated alkanes) is 2. The summed E-state index contributed by atoms with van der Waals surface area (Å²) in [7, 11) is 0. The highest BCUT2D eigenvalue weighted by Crippen LogP contribution is 2.13. The van der Waals surface area contributed by atoms with Gasteiger partial charge in [0.1, 0.15) is 0 Å². The summed E-state index contributed by atoms with van der Waals surface area (Å²) in [5.41, 5.74) is 5.27. The van der Waals surface area contributed by atoms with Crippen molar-refractivity contribution in [1.29, 1.82) is 0 Å². The lowest BCUT2D eigenvalue weighted by Gasteiger charge is -2.08. The highest BCUT2D eigenvalue weighted by molar-refractivity contribution is 5.45. The van der Waals surface area contributed by atoms with Gasteiger partial charge in [-0.3, -0.25) is 0 Å². The van der Waals surface area contributed by atoms with Crippen LogP contribution >= 0.6 is 0 Å². The molecule has 0 aliphatic carbocycles. The molecular weight excluding hydrogens is 242 g/mol. The third-order valence-electron chi connectivity index (χ3n) is 3.64. The summed E-state index contributed by atoms with van der Waals surface area (Å²) in [4.78, 5) is 0. The molecule has 0 amide bonds. The zero-order chi connectivity index (χ0) is 14.2. The summed E-state index contributed by atoms with van der Waals surface area (Å²) in [6.45, 7) is 5.25. The Labute approximate surface area is 123 Å². The van der Waals surface area contributed by atoms with Gasteiger partial charge in [0.15, 0.2) is 0 Å². The smallest absolute Gasteiger partial charge is 0.0400 e. The van der Waals surface area contributed by atoms with Crippen LogP contribution in [0.15, 0.2) is 48.5 Å². The van der Waals surface area contributed by atoms with Crippen molar-refractivity contribution in [3.8, 4) is 0 Å². The number of benzene rings is 2. The first-order valence-electron chi connectivity index (χ1n) is 7.66. The lowest BCUT2D eigenvalue weighted by Crippen LogP contribution is -1.99. The van der Waals surface area contributed by atoms with Crippen LogP contribution in [0, 0.1) is 6.92 Å². The second-order valence-electron chi connectivity index (χ2n) is 5.49. The fourth-order valence-corrected chi connectivity index (χ4v) is 2.28. The van der Waals surface area contributed by atoms with Gasteiger partial charge in [0, 0.05) is 12.2 Å². The van der Waals surface area contributed by atoms with Crippen LogP contribution in [-0.2, 0) is 13.0 Å². The molecule has 0 atom stereocenters. The maximum atomic E-state index is 3.47. The van der Waals surface area contributed by atoms with Crippen molar-refractivity contribution in [2.24, 2.45) is 0 Å². The zero-order valence-corrected chi connectivity index (χ0v) is 12.7. The van der Waals surface area contributed by atoms with Gasteiger partial charge in [-0.25, -0.2) is 0 Å². The van der Waals surface area contributed by atoms with Crippen LogP contribution < -0.4 is 5.32 Å². The fourth-order valence-electron chi connectivity index (χ4n) is 2.28. The highest BCUT2D eigenvalue weighted by atomic mass is 14.9. The van der Waals surface area contributed by atoms with E-state index in [-0.39, 0.29) is 0 Å². The summed E-state index contributed by atoms with van der Waals surface area (Å²) in [6, 6.07) is 17.6. The largest absolute Gasteiger partial charge is 0.381 e. The Morgan fingerprint density at radius 3 is 2.10 bits per heavy atom. The predicted octanol–water partition coefficient (Wildman–Crippen LogP) is 5.34. The Bertz CT molecular complexity index is 496. The molecule has 0 aliphatic heterocycles. The second kappa shape index (κ2) is 7.74. The van der Waals surface area contributed by atoms with Crippen molar-refractivity contribution >= 4 is 5.69 Å². The van der Waals surface area contributed by atoms with Gasteiger partial charge in [-0.2, -0.15) is 0 Å². The van der Waals surface area contributed by atoms with E-state index in [1.54, 1.807) is 0 Å². The highest BCUT2D eigenvalue weighted by Gasteiger charge is 1.96. The van der Waals surface area contributed by atoms with E-state index in [9.17, 15) is 0 Å². The Morgan fingerprint density at radius 2 is 1.45 bits per heavy atom. The number of rotatable bonds is 7. The molecule has 0 saturated heterocycles. The van der Waals surface area contributed by atoms with Crippen LogP contribution in [0.25, 0.3) is 0 Å². The first-order chi connectivity index (χ1) is 9.78. The van der Waals surface area contributed by atoms with Crippen molar-refractivity contribution in [2.45, 2.75) is 46.1 Å². The molecule has 0 heterocycles. The van der Waals surface area contributed by atoms with E-state index in [4.69, 9.17) is 0 Å². The van der Waals surface area contributed by atoms with Crippen molar-refractivity contribution in [2.75, 3.05) is 5.32 Å². The monoisotopic (exact) mass is 267 g/mol. The van der Waals surface area contributed by atoms with E-state index in [1.807, 2.05) is 0 Å². The van der Waals surface area contributed by atoms with E-state index in [2.05, 4.69) is 67.7 Å². The summed E-state index contributed by atoms with van der Waals surface area (Å²) in [6.07, 6.45) is 5.11. The van der Waals surface area contributed by atoms with Crippen LogP contribution in [-0.4, -0.2) is 0 Å². The van der Waals surface area contributed by atoms with Gasteiger partial charge in [-0.15, -0.1) is 0 Å². The number of hydrogen-bond donors (Lipinski definition) is 1. The summed E-state index contributed by atoms with van der Waals surface area (Å²) in [5.74, 6) is 0. The van der Waals surface area contributed by atoms with Gasteiger partial charge < -0.3 is 5.32 Å². The van der Waals surface area contributed by atoms with E-state index in [1.165, 1.54) is 48.1 Å². The third kappa shape index (κ3) is 4.73. The van der Waals surface area contributed by atoms with Crippen molar-refractivity contribution in [1.82, 2.24) is 0 Å². The van der Waals surface area contributed by atoms with Gasteiger partial charge in [0.05, 0.1) is 0 Å². The van der Waals surface area contributed by atoms with E-state index < -0.39 is 0 Å². The molecule has 2 aromatic rings. The van der Waals surface area contributed by atoms with Gasteiger partial charge in [-0.1, -0.05) is 61.7 Å². The third-order valence-corrected chi connectivity index (χ3v) is 3.64. The molecule has 1 nitrogen and oxygen atoms in total. The van der Waals surface area contributed by atoms with Gasteiger partial charge in [0.25, 0.3) is 0 Å². The topological polar surface area (TPSA) is 12.0 Å². The number of nitrogens with one attached hydrogen (secondary N) is 1. The normalized spacial score (nSPS) is 10.5. The Kier molecular flexibility index (Phi) is 5.67. The maximum Gasteiger partial charge on any atom is 0.0400 e. The molecule has 0 spiro atoms. The van der Waals surface area contributed by atoms with E-state index in [0.717, 1.165) is 6.54 Å². The molecule has 0 aliphatic rings. The fraction of sp³-hybridized carbons (Fsp3) is 0.368. The summed E-state index contributed by atoms with van der Waals surface area (Å²) < 4.78 is 0. The lowest BCUT2D eigenvalue weighted by atomic mass is 10.1.